The fraction of sp³-hybridized carbons (Fsp3) is 0.231. The van der Waals surface area contributed by atoms with Gasteiger partial charge < -0.3 is 9.52 Å². The number of amides is 1. The molecule has 0 bridgehead atoms. The van der Waals surface area contributed by atoms with Gasteiger partial charge in [0.15, 0.2) is 5.69 Å². The van der Waals surface area contributed by atoms with Crippen LogP contribution in [-0.4, -0.2) is 26.9 Å². The Morgan fingerprint density at radius 1 is 1.42 bits per heavy atom. The average Bonchev–Trinajstić information content (AvgIpc) is 2.93. The molecule has 2 aromatic heterocycles. The van der Waals surface area contributed by atoms with Crippen LogP contribution in [-0.2, 0) is 6.18 Å². The van der Waals surface area contributed by atoms with Gasteiger partial charge in [-0.3, -0.25) is 9.89 Å². The monoisotopic (exact) mass is 344 g/mol. The minimum atomic E-state index is -4.67. The molecule has 2 rings (SSSR count). The van der Waals surface area contributed by atoms with Gasteiger partial charge in [-0.05, 0) is 13.8 Å². The number of carbonyl (C=O) groups is 1. The summed E-state index contributed by atoms with van der Waals surface area (Å²) >= 11 is 0. The van der Waals surface area contributed by atoms with Crippen molar-refractivity contribution in [3.63, 3.8) is 0 Å². The molecule has 8 nitrogen and oxygen atoms in total. The first kappa shape index (κ1) is 17.2. The molecular weight excluding hydrogens is 333 g/mol. The van der Waals surface area contributed by atoms with Crippen LogP contribution in [0.4, 0.5) is 13.2 Å². The average molecular weight is 344 g/mol. The second-order valence-electron chi connectivity index (χ2n) is 4.71. The van der Waals surface area contributed by atoms with Crippen molar-refractivity contribution >= 4 is 11.6 Å². The first-order valence-electron chi connectivity index (χ1n) is 6.41. The lowest BCUT2D eigenvalue weighted by molar-refractivity contribution is -0.141. The molecule has 0 aliphatic rings. The van der Waals surface area contributed by atoms with Crippen LogP contribution in [0.5, 0.6) is 5.75 Å². The van der Waals surface area contributed by atoms with Crippen molar-refractivity contribution in [1.29, 1.82) is 0 Å². The summed E-state index contributed by atoms with van der Waals surface area (Å²) in [6.45, 7) is 2.75. The highest BCUT2D eigenvalue weighted by atomic mass is 19.4. The number of carbonyl (C=O) groups excluding carboxylic acids is 1. The van der Waals surface area contributed by atoms with Crippen molar-refractivity contribution in [2.45, 2.75) is 20.0 Å². The van der Waals surface area contributed by atoms with Crippen molar-refractivity contribution in [3.8, 4) is 5.75 Å². The molecule has 24 heavy (non-hydrogen) atoms. The molecule has 2 heterocycles. The second kappa shape index (κ2) is 6.18. The van der Waals surface area contributed by atoms with Crippen LogP contribution in [0.15, 0.2) is 26.4 Å². The van der Waals surface area contributed by atoms with E-state index in [-0.39, 0.29) is 17.0 Å². The minimum absolute atomic E-state index is 0.0961. The van der Waals surface area contributed by atoms with E-state index in [0.717, 1.165) is 0 Å². The van der Waals surface area contributed by atoms with E-state index in [2.05, 4.69) is 10.2 Å². The predicted octanol–water partition coefficient (Wildman–Crippen LogP) is 1.55. The Bertz CT molecular complexity index is 867. The molecule has 0 spiro atoms. The molecular formula is C13H11F3N4O4. The third kappa shape index (κ3) is 3.62. The molecule has 3 N–H and O–H groups in total. The van der Waals surface area contributed by atoms with Gasteiger partial charge in [-0.25, -0.2) is 10.2 Å². The van der Waals surface area contributed by atoms with Gasteiger partial charge in [0.2, 0.25) is 0 Å². The number of alkyl halides is 3. The Hall–Kier alpha value is -3.11. The molecule has 128 valence electrons. The Morgan fingerprint density at radius 2 is 2.08 bits per heavy atom. The predicted molar refractivity (Wildman–Crippen MR) is 74.6 cm³/mol. The number of H-pyrrole nitrogens is 1. The van der Waals surface area contributed by atoms with Crippen molar-refractivity contribution in [2.24, 2.45) is 5.10 Å². The lowest BCUT2D eigenvalue weighted by Crippen LogP contribution is -2.22. The summed E-state index contributed by atoms with van der Waals surface area (Å²) < 4.78 is 42.0. The van der Waals surface area contributed by atoms with Gasteiger partial charge in [-0.2, -0.15) is 23.4 Å². The van der Waals surface area contributed by atoms with Crippen molar-refractivity contribution in [2.75, 3.05) is 0 Å². The van der Waals surface area contributed by atoms with Crippen molar-refractivity contribution < 1.29 is 27.5 Å². The second-order valence-corrected chi connectivity index (χ2v) is 4.71. The Balaban J connectivity index is 2.20. The molecule has 0 atom stereocenters. The van der Waals surface area contributed by atoms with Crippen LogP contribution in [0.1, 0.15) is 34.4 Å². The van der Waals surface area contributed by atoms with Gasteiger partial charge in [-0.1, -0.05) is 0 Å². The first-order valence-corrected chi connectivity index (χ1v) is 6.41. The number of nitrogens with zero attached hydrogens (tertiary/aromatic N) is 2. The van der Waals surface area contributed by atoms with Gasteiger partial charge >= 0.3 is 11.8 Å². The third-order valence-electron chi connectivity index (χ3n) is 2.86. The highest BCUT2D eigenvalue weighted by Crippen LogP contribution is 2.27. The Labute approximate surface area is 132 Å². The summed E-state index contributed by atoms with van der Waals surface area (Å²) in [4.78, 5) is 23.4. The van der Waals surface area contributed by atoms with E-state index in [1.54, 1.807) is 5.10 Å². The smallest absolute Gasteiger partial charge is 0.432 e. The van der Waals surface area contributed by atoms with Crippen LogP contribution < -0.4 is 11.1 Å². The number of hydrazone groups is 1. The quantitative estimate of drug-likeness (QED) is 0.576. The summed E-state index contributed by atoms with van der Waals surface area (Å²) in [6.07, 6.45) is -4.67. The van der Waals surface area contributed by atoms with Gasteiger partial charge in [0.25, 0.3) is 5.91 Å². The van der Waals surface area contributed by atoms with Crippen molar-refractivity contribution in [1.82, 2.24) is 15.6 Å². The largest absolute Gasteiger partial charge is 0.507 e. The van der Waals surface area contributed by atoms with Gasteiger partial charge in [0.05, 0.1) is 5.71 Å². The maximum absolute atomic E-state index is 12.4. The van der Waals surface area contributed by atoms with Crippen molar-refractivity contribution in [3.05, 3.63) is 45.3 Å². The zero-order valence-corrected chi connectivity index (χ0v) is 12.4. The molecule has 0 aliphatic heterocycles. The van der Waals surface area contributed by atoms with E-state index in [1.807, 2.05) is 5.43 Å². The van der Waals surface area contributed by atoms with E-state index < -0.39 is 34.8 Å². The third-order valence-corrected chi connectivity index (χ3v) is 2.86. The number of aromatic amines is 1. The number of rotatable bonds is 3. The standard InChI is InChI=1S/C13H11F3N4O4/c1-5-3-8(21)10(12(23)24-5)6(2)17-20-11(22)7-4-9(19-18-7)13(14,15)16/h3-4,21H,1-2H3,(H,18,19)(H,20,22)/b17-6-. The topological polar surface area (TPSA) is 121 Å². The maximum Gasteiger partial charge on any atom is 0.432 e. The van der Waals surface area contributed by atoms with Gasteiger partial charge in [-0.15, -0.1) is 0 Å². The zero-order valence-electron chi connectivity index (χ0n) is 12.4. The normalized spacial score (nSPS) is 12.3. The van der Waals surface area contributed by atoms with Crippen LogP contribution in [0.25, 0.3) is 0 Å². The van der Waals surface area contributed by atoms with E-state index in [9.17, 15) is 27.9 Å². The number of hydrogen-bond donors (Lipinski definition) is 3. The molecule has 1 amide bonds. The SMILES string of the molecule is C/C(=N/NC(=O)c1cc(C(F)(F)F)[nH]n1)c1c(O)cc(C)oc1=O. The van der Waals surface area contributed by atoms with Crippen LogP contribution >= 0.6 is 0 Å². The molecule has 0 aliphatic carbocycles. The molecule has 0 saturated carbocycles. The summed E-state index contributed by atoms with van der Waals surface area (Å²) in [5, 5.41) is 18.2. The number of halogens is 3. The number of aromatic nitrogens is 2. The summed E-state index contributed by atoms with van der Waals surface area (Å²) in [5.41, 5.74) is -1.04. The molecule has 0 saturated heterocycles. The molecule has 11 heteroatoms. The lowest BCUT2D eigenvalue weighted by atomic mass is 10.2. The molecule has 2 aromatic rings. The Morgan fingerprint density at radius 3 is 2.62 bits per heavy atom. The van der Waals surface area contributed by atoms with Crippen LogP contribution in [0, 0.1) is 6.92 Å². The highest BCUT2D eigenvalue weighted by molar-refractivity contribution is 6.01. The molecule has 0 unspecified atom stereocenters. The summed E-state index contributed by atoms with van der Waals surface area (Å²) in [7, 11) is 0. The van der Waals surface area contributed by atoms with E-state index in [1.165, 1.54) is 19.9 Å². The Kier molecular flexibility index (Phi) is 4.44. The van der Waals surface area contributed by atoms with E-state index in [0.29, 0.717) is 6.07 Å². The lowest BCUT2D eigenvalue weighted by Gasteiger charge is -2.03. The van der Waals surface area contributed by atoms with Gasteiger partial charge in [0, 0.05) is 12.1 Å². The van der Waals surface area contributed by atoms with Crippen LogP contribution in [0.2, 0.25) is 0 Å². The maximum atomic E-state index is 12.4. The fourth-order valence-corrected chi connectivity index (χ4v) is 1.76. The zero-order chi connectivity index (χ0) is 18.1. The van der Waals surface area contributed by atoms with E-state index >= 15 is 0 Å². The van der Waals surface area contributed by atoms with E-state index in [4.69, 9.17) is 4.42 Å². The number of nitrogens with one attached hydrogen (secondary N) is 2. The summed E-state index contributed by atoms with van der Waals surface area (Å²) in [5.74, 6) is -1.26. The first-order chi connectivity index (χ1) is 11.1. The number of hydrogen-bond acceptors (Lipinski definition) is 6. The van der Waals surface area contributed by atoms with Gasteiger partial charge in [0.1, 0.15) is 22.8 Å². The minimum Gasteiger partial charge on any atom is -0.507 e. The van der Waals surface area contributed by atoms with Crippen LogP contribution in [0.3, 0.4) is 0 Å². The number of aromatic hydroxyl groups is 1. The molecule has 0 aromatic carbocycles. The highest BCUT2D eigenvalue weighted by Gasteiger charge is 2.33. The molecule has 0 radical (unpaired) electrons. The fourth-order valence-electron chi connectivity index (χ4n) is 1.76. The summed E-state index contributed by atoms with van der Waals surface area (Å²) in [6, 6.07) is 1.69. The number of aryl methyl sites for hydroxylation is 1. The molecule has 0 fully saturated rings.